The Morgan fingerprint density at radius 3 is 2.32 bits per heavy atom. The van der Waals surface area contributed by atoms with Crippen molar-refractivity contribution in [2.75, 3.05) is 10.0 Å². The third-order valence-corrected chi connectivity index (χ3v) is 5.22. The Bertz CT molecular complexity index is 843. The number of anilines is 2. The van der Waals surface area contributed by atoms with E-state index in [9.17, 15) is 13.2 Å². The maximum absolute atomic E-state index is 12.5. The van der Waals surface area contributed by atoms with Gasteiger partial charge in [-0.3, -0.25) is 9.52 Å². The average molecular weight is 360 g/mol. The number of amides is 1. The van der Waals surface area contributed by atoms with E-state index in [4.69, 9.17) is 0 Å². The number of hydrogen-bond acceptors (Lipinski definition) is 3. The van der Waals surface area contributed by atoms with Gasteiger partial charge in [0.25, 0.3) is 10.0 Å². The van der Waals surface area contributed by atoms with Gasteiger partial charge in [0.15, 0.2) is 0 Å². The van der Waals surface area contributed by atoms with Gasteiger partial charge in [0, 0.05) is 18.3 Å². The average Bonchev–Trinajstić information content (AvgIpc) is 2.55. The maximum Gasteiger partial charge on any atom is 0.261 e. The lowest BCUT2D eigenvalue weighted by Gasteiger charge is -2.12. The Morgan fingerprint density at radius 1 is 1.08 bits per heavy atom. The molecular formula is C19H24N2O3S. The molecule has 1 amide bonds. The van der Waals surface area contributed by atoms with Gasteiger partial charge in [0.1, 0.15) is 0 Å². The Balaban J connectivity index is 2.15. The zero-order chi connectivity index (χ0) is 18.4. The fraction of sp³-hybridized carbons (Fsp3) is 0.316. The van der Waals surface area contributed by atoms with E-state index < -0.39 is 10.0 Å². The molecule has 25 heavy (non-hydrogen) atoms. The highest BCUT2D eigenvalue weighted by atomic mass is 32.2. The summed E-state index contributed by atoms with van der Waals surface area (Å²) in [6.07, 6.45) is 3.24. The van der Waals surface area contributed by atoms with Crippen molar-refractivity contribution in [2.45, 2.75) is 44.9 Å². The van der Waals surface area contributed by atoms with E-state index in [0.717, 1.165) is 19.3 Å². The van der Waals surface area contributed by atoms with Crippen molar-refractivity contribution in [3.63, 3.8) is 0 Å². The molecule has 0 aliphatic heterocycles. The van der Waals surface area contributed by atoms with Gasteiger partial charge < -0.3 is 5.32 Å². The van der Waals surface area contributed by atoms with E-state index in [1.165, 1.54) is 18.6 Å². The molecule has 0 spiro atoms. The van der Waals surface area contributed by atoms with E-state index in [0.29, 0.717) is 16.9 Å². The quantitative estimate of drug-likeness (QED) is 0.781. The summed E-state index contributed by atoms with van der Waals surface area (Å²) in [5, 5.41) is 2.67. The molecule has 0 saturated carbocycles. The van der Waals surface area contributed by atoms with Gasteiger partial charge >= 0.3 is 0 Å². The van der Waals surface area contributed by atoms with Crippen LogP contribution >= 0.6 is 0 Å². The summed E-state index contributed by atoms with van der Waals surface area (Å²) in [5.74, 6) is -0.194. The first kappa shape index (κ1) is 19.0. The predicted molar refractivity (Wildman–Crippen MR) is 101 cm³/mol. The molecule has 0 unspecified atom stereocenters. The van der Waals surface area contributed by atoms with Gasteiger partial charge in [0.2, 0.25) is 5.91 Å². The van der Waals surface area contributed by atoms with Crippen LogP contribution in [0.4, 0.5) is 11.4 Å². The van der Waals surface area contributed by atoms with Crippen molar-refractivity contribution in [1.29, 1.82) is 0 Å². The molecule has 0 aliphatic carbocycles. The molecule has 2 aromatic rings. The number of benzene rings is 2. The second-order valence-corrected chi connectivity index (χ2v) is 7.75. The Kier molecular flexibility index (Phi) is 6.20. The largest absolute Gasteiger partial charge is 0.326 e. The number of carbonyl (C=O) groups excluding carboxylic acids is 1. The molecule has 0 atom stereocenters. The van der Waals surface area contributed by atoms with Crippen molar-refractivity contribution in [1.82, 2.24) is 0 Å². The topological polar surface area (TPSA) is 75.3 Å². The van der Waals surface area contributed by atoms with Gasteiger partial charge in [-0.2, -0.15) is 0 Å². The van der Waals surface area contributed by atoms with Crippen LogP contribution in [0.1, 0.15) is 37.8 Å². The van der Waals surface area contributed by atoms with Crippen LogP contribution in [0, 0.1) is 6.92 Å². The van der Waals surface area contributed by atoms with Gasteiger partial charge in [-0.15, -0.1) is 0 Å². The highest BCUT2D eigenvalue weighted by Crippen LogP contribution is 2.22. The van der Waals surface area contributed by atoms with Crippen LogP contribution in [0.15, 0.2) is 47.4 Å². The van der Waals surface area contributed by atoms with Crippen molar-refractivity contribution >= 4 is 27.3 Å². The van der Waals surface area contributed by atoms with Gasteiger partial charge in [-0.1, -0.05) is 25.5 Å². The highest BCUT2D eigenvalue weighted by Gasteiger charge is 2.15. The lowest BCUT2D eigenvalue weighted by atomic mass is 10.1. The molecule has 0 radical (unpaired) electrons. The Morgan fingerprint density at radius 2 is 1.76 bits per heavy atom. The van der Waals surface area contributed by atoms with Crippen LogP contribution in [0.5, 0.6) is 0 Å². The molecule has 6 heteroatoms. The predicted octanol–water partition coefficient (Wildman–Crippen LogP) is 4.10. The number of nitrogens with one attached hydrogen (secondary N) is 2. The number of rotatable bonds is 7. The molecular weight excluding hydrogens is 336 g/mol. The standard InChI is InChI=1S/C19H24N2O3S/c1-4-5-6-16-7-9-17(10-8-16)21-25(23,24)18-11-12-19(14(2)13-18)20-15(3)22/h7-13,21H,4-6H2,1-3H3,(H,20,22). The second kappa shape index (κ2) is 8.16. The van der Waals surface area contributed by atoms with Crippen molar-refractivity contribution < 1.29 is 13.2 Å². The van der Waals surface area contributed by atoms with Crippen LogP contribution in [0.25, 0.3) is 0 Å². The number of carbonyl (C=O) groups is 1. The number of aryl methyl sites for hydroxylation is 2. The molecule has 0 bridgehead atoms. The van der Waals surface area contributed by atoms with Crippen LogP contribution in [0.3, 0.4) is 0 Å². The molecule has 5 nitrogen and oxygen atoms in total. The fourth-order valence-electron chi connectivity index (χ4n) is 2.47. The summed E-state index contributed by atoms with van der Waals surface area (Å²) in [4.78, 5) is 11.3. The number of unbranched alkanes of at least 4 members (excludes halogenated alkanes) is 1. The minimum absolute atomic E-state index is 0.161. The third-order valence-electron chi connectivity index (χ3n) is 3.84. The van der Waals surface area contributed by atoms with Gasteiger partial charge in [0.05, 0.1) is 4.90 Å². The molecule has 0 aromatic heterocycles. The summed E-state index contributed by atoms with van der Waals surface area (Å²) >= 11 is 0. The van der Waals surface area contributed by atoms with Gasteiger partial charge in [-0.05, 0) is 61.2 Å². The highest BCUT2D eigenvalue weighted by molar-refractivity contribution is 7.92. The minimum Gasteiger partial charge on any atom is -0.326 e. The first-order valence-electron chi connectivity index (χ1n) is 8.32. The van der Waals surface area contributed by atoms with E-state index in [1.54, 1.807) is 31.2 Å². The third kappa shape index (κ3) is 5.32. The summed E-state index contributed by atoms with van der Waals surface area (Å²) in [7, 11) is -3.67. The molecule has 0 saturated heterocycles. The first-order chi connectivity index (χ1) is 11.8. The zero-order valence-corrected chi connectivity index (χ0v) is 15.6. The SMILES string of the molecule is CCCCc1ccc(NS(=O)(=O)c2ccc(NC(C)=O)c(C)c2)cc1. The van der Waals surface area contributed by atoms with Crippen molar-refractivity contribution in [3.8, 4) is 0 Å². The van der Waals surface area contributed by atoms with Crippen LogP contribution in [0.2, 0.25) is 0 Å². The maximum atomic E-state index is 12.5. The summed E-state index contributed by atoms with van der Waals surface area (Å²) in [5.41, 5.74) is 3.02. The van der Waals surface area contributed by atoms with E-state index in [-0.39, 0.29) is 10.8 Å². The smallest absolute Gasteiger partial charge is 0.261 e. The molecule has 0 aliphatic rings. The zero-order valence-electron chi connectivity index (χ0n) is 14.8. The summed E-state index contributed by atoms with van der Waals surface area (Å²) < 4.78 is 27.7. The molecule has 2 aromatic carbocycles. The van der Waals surface area contributed by atoms with Crippen LogP contribution in [-0.4, -0.2) is 14.3 Å². The van der Waals surface area contributed by atoms with Crippen molar-refractivity contribution in [2.24, 2.45) is 0 Å². The van der Waals surface area contributed by atoms with Crippen LogP contribution < -0.4 is 10.0 Å². The molecule has 134 valence electrons. The van der Waals surface area contributed by atoms with E-state index in [2.05, 4.69) is 17.0 Å². The summed E-state index contributed by atoms with van der Waals surface area (Å²) in [6.45, 7) is 5.31. The second-order valence-electron chi connectivity index (χ2n) is 6.06. The molecule has 0 heterocycles. The molecule has 0 fully saturated rings. The first-order valence-corrected chi connectivity index (χ1v) is 9.80. The lowest BCUT2D eigenvalue weighted by molar-refractivity contribution is -0.114. The Hall–Kier alpha value is -2.34. The van der Waals surface area contributed by atoms with Crippen LogP contribution in [-0.2, 0) is 21.2 Å². The van der Waals surface area contributed by atoms with E-state index in [1.807, 2.05) is 12.1 Å². The molecule has 2 N–H and O–H groups in total. The Labute approximate surface area is 149 Å². The minimum atomic E-state index is -3.67. The van der Waals surface area contributed by atoms with Gasteiger partial charge in [-0.25, -0.2) is 8.42 Å². The summed E-state index contributed by atoms with van der Waals surface area (Å²) in [6, 6.07) is 12.1. The lowest BCUT2D eigenvalue weighted by Crippen LogP contribution is -2.14. The van der Waals surface area contributed by atoms with E-state index >= 15 is 0 Å². The fourth-order valence-corrected chi connectivity index (χ4v) is 3.61. The monoisotopic (exact) mass is 360 g/mol. The van der Waals surface area contributed by atoms with Crippen molar-refractivity contribution in [3.05, 3.63) is 53.6 Å². The number of sulfonamides is 1. The number of hydrogen-bond donors (Lipinski definition) is 2. The molecule has 2 rings (SSSR count). The normalized spacial score (nSPS) is 11.2.